The molecule has 2 aromatic carbocycles. The first-order valence-corrected chi connectivity index (χ1v) is 7.41. The van der Waals surface area contributed by atoms with Crippen LogP contribution >= 0.6 is 11.8 Å². The minimum atomic E-state index is 0.720. The second-order valence-electron chi connectivity index (χ2n) is 4.89. The van der Waals surface area contributed by atoms with Crippen molar-refractivity contribution in [3.8, 4) is 16.9 Å². The second-order valence-corrected chi connectivity index (χ2v) is 6.22. The molecule has 1 aliphatic carbocycles. The van der Waals surface area contributed by atoms with E-state index >= 15 is 0 Å². The minimum Gasteiger partial charge on any atom is -0.492 e. The van der Waals surface area contributed by atoms with E-state index < -0.39 is 0 Å². The van der Waals surface area contributed by atoms with E-state index in [1.807, 2.05) is 11.8 Å². The lowest BCUT2D eigenvalue weighted by Crippen LogP contribution is -2.04. The molecular formula is C16H14OS. The first kappa shape index (κ1) is 10.5. The average Bonchev–Trinajstić information content (AvgIpc) is 3.15. The van der Waals surface area contributed by atoms with Gasteiger partial charge in [-0.05, 0) is 29.2 Å². The molecule has 0 aromatic heterocycles. The third kappa shape index (κ3) is 1.72. The zero-order valence-electron chi connectivity index (χ0n) is 10.1. The summed E-state index contributed by atoms with van der Waals surface area (Å²) >= 11 is 1.98. The van der Waals surface area contributed by atoms with Gasteiger partial charge in [0.1, 0.15) is 12.4 Å². The molecule has 4 rings (SSSR count). The Labute approximate surface area is 111 Å². The van der Waals surface area contributed by atoms with Gasteiger partial charge in [0.2, 0.25) is 0 Å². The van der Waals surface area contributed by atoms with Crippen LogP contribution in [-0.4, -0.2) is 17.6 Å². The molecular weight excluding hydrogens is 240 g/mol. The standard InChI is InChI=1S/C16H14OS/c1-2-6-14-11(4-1)8-12-5-3-7-15(16(12)14)17-9-13-10-18-13/h1-7,13H,8-10H2. The van der Waals surface area contributed by atoms with Crippen LogP contribution in [-0.2, 0) is 6.42 Å². The molecule has 0 spiro atoms. The maximum atomic E-state index is 6.01. The number of hydrogen-bond donors (Lipinski definition) is 0. The quantitative estimate of drug-likeness (QED) is 0.658. The van der Waals surface area contributed by atoms with Gasteiger partial charge in [-0.2, -0.15) is 11.8 Å². The molecule has 0 bridgehead atoms. The van der Waals surface area contributed by atoms with Gasteiger partial charge in [-0.15, -0.1) is 0 Å². The fraction of sp³-hybridized carbons (Fsp3) is 0.250. The molecule has 18 heavy (non-hydrogen) atoms. The normalized spacial score (nSPS) is 19.2. The molecule has 1 atom stereocenters. The van der Waals surface area contributed by atoms with E-state index in [1.54, 1.807) is 0 Å². The summed E-state index contributed by atoms with van der Waals surface area (Å²) in [5.74, 6) is 2.32. The van der Waals surface area contributed by atoms with E-state index in [4.69, 9.17) is 4.74 Å². The van der Waals surface area contributed by atoms with Gasteiger partial charge in [-0.3, -0.25) is 0 Å². The molecule has 2 heteroatoms. The van der Waals surface area contributed by atoms with Crippen LogP contribution in [0.5, 0.6) is 5.75 Å². The highest BCUT2D eigenvalue weighted by atomic mass is 32.2. The molecule has 0 amide bonds. The van der Waals surface area contributed by atoms with Crippen LogP contribution in [0, 0.1) is 0 Å². The number of ether oxygens (including phenoxy) is 1. The molecule has 90 valence electrons. The Balaban J connectivity index is 1.75. The first-order valence-electron chi connectivity index (χ1n) is 6.36. The maximum absolute atomic E-state index is 6.01. The summed E-state index contributed by atoms with van der Waals surface area (Å²) < 4.78 is 6.01. The van der Waals surface area contributed by atoms with Crippen molar-refractivity contribution in [3.63, 3.8) is 0 Å². The molecule has 0 saturated carbocycles. The van der Waals surface area contributed by atoms with E-state index in [0.29, 0.717) is 0 Å². The SMILES string of the molecule is c1ccc2c(c1)Cc1cccc(OCC3CS3)c1-2. The van der Waals surface area contributed by atoms with Gasteiger partial charge in [0.05, 0.1) is 0 Å². The van der Waals surface area contributed by atoms with Gasteiger partial charge in [-0.25, -0.2) is 0 Å². The predicted molar refractivity (Wildman–Crippen MR) is 76.4 cm³/mol. The predicted octanol–water partition coefficient (Wildman–Crippen LogP) is 3.75. The number of hydrogen-bond acceptors (Lipinski definition) is 2. The lowest BCUT2D eigenvalue weighted by molar-refractivity contribution is 0.331. The van der Waals surface area contributed by atoms with Gasteiger partial charge in [0.15, 0.2) is 0 Å². The smallest absolute Gasteiger partial charge is 0.127 e. The van der Waals surface area contributed by atoms with Gasteiger partial charge >= 0.3 is 0 Å². The Morgan fingerprint density at radius 2 is 1.89 bits per heavy atom. The Morgan fingerprint density at radius 3 is 2.78 bits per heavy atom. The zero-order chi connectivity index (χ0) is 11.9. The summed E-state index contributed by atoms with van der Waals surface area (Å²) in [6.45, 7) is 0.850. The molecule has 0 N–H and O–H groups in total. The van der Waals surface area contributed by atoms with Crippen LogP contribution in [0.1, 0.15) is 11.1 Å². The van der Waals surface area contributed by atoms with E-state index in [9.17, 15) is 0 Å². The highest BCUT2D eigenvalue weighted by Gasteiger charge is 2.25. The van der Waals surface area contributed by atoms with Crippen molar-refractivity contribution in [2.24, 2.45) is 0 Å². The van der Waals surface area contributed by atoms with Crippen molar-refractivity contribution in [2.45, 2.75) is 11.7 Å². The lowest BCUT2D eigenvalue weighted by Gasteiger charge is -2.10. The van der Waals surface area contributed by atoms with Crippen molar-refractivity contribution in [1.82, 2.24) is 0 Å². The fourth-order valence-electron chi connectivity index (χ4n) is 2.62. The lowest BCUT2D eigenvalue weighted by atomic mass is 10.1. The summed E-state index contributed by atoms with van der Waals surface area (Å²) in [6, 6.07) is 15.1. The number of fused-ring (bicyclic) bond motifs is 3. The fourth-order valence-corrected chi connectivity index (χ4v) is 3.02. The number of benzene rings is 2. The Kier molecular flexibility index (Phi) is 2.37. The van der Waals surface area contributed by atoms with E-state index in [-0.39, 0.29) is 0 Å². The highest BCUT2D eigenvalue weighted by molar-refractivity contribution is 8.06. The third-order valence-electron chi connectivity index (χ3n) is 3.61. The van der Waals surface area contributed by atoms with Crippen molar-refractivity contribution < 1.29 is 4.74 Å². The Bertz CT molecular complexity index is 602. The van der Waals surface area contributed by atoms with Gasteiger partial charge < -0.3 is 4.74 Å². The number of thioether (sulfide) groups is 1. The van der Waals surface area contributed by atoms with Crippen LogP contribution in [0.3, 0.4) is 0 Å². The number of rotatable bonds is 3. The van der Waals surface area contributed by atoms with Gasteiger partial charge in [0.25, 0.3) is 0 Å². The summed E-state index contributed by atoms with van der Waals surface area (Å²) in [5, 5.41) is 0.720. The van der Waals surface area contributed by atoms with E-state index in [1.165, 1.54) is 28.0 Å². The molecule has 2 aliphatic rings. The third-order valence-corrected chi connectivity index (χ3v) is 4.55. The van der Waals surface area contributed by atoms with Crippen LogP contribution in [0.2, 0.25) is 0 Å². The average molecular weight is 254 g/mol. The molecule has 1 unspecified atom stereocenters. The topological polar surface area (TPSA) is 9.23 Å². The molecule has 1 saturated heterocycles. The minimum absolute atomic E-state index is 0.720. The van der Waals surface area contributed by atoms with Gasteiger partial charge in [0, 0.05) is 16.6 Å². The molecule has 1 aliphatic heterocycles. The van der Waals surface area contributed by atoms with Crippen LogP contribution in [0.4, 0.5) is 0 Å². The van der Waals surface area contributed by atoms with E-state index in [2.05, 4.69) is 42.5 Å². The van der Waals surface area contributed by atoms with E-state index in [0.717, 1.165) is 24.0 Å². The summed E-state index contributed by atoms with van der Waals surface area (Å²) in [6.07, 6.45) is 1.04. The van der Waals surface area contributed by atoms with Crippen LogP contribution in [0.15, 0.2) is 42.5 Å². The summed E-state index contributed by atoms with van der Waals surface area (Å²) in [7, 11) is 0. The van der Waals surface area contributed by atoms with Crippen LogP contribution < -0.4 is 4.74 Å². The summed E-state index contributed by atoms with van der Waals surface area (Å²) in [5.41, 5.74) is 5.49. The molecule has 2 aromatic rings. The Hall–Kier alpha value is -1.41. The van der Waals surface area contributed by atoms with Gasteiger partial charge in [-0.1, -0.05) is 36.4 Å². The monoisotopic (exact) mass is 254 g/mol. The van der Waals surface area contributed by atoms with Crippen molar-refractivity contribution in [1.29, 1.82) is 0 Å². The zero-order valence-corrected chi connectivity index (χ0v) is 10.9. The highest BCUT2D eigenvalue weighted by Crippen LogP contribution is 2.43. The second kappa shape index (κ2) is 4.06. The van der Waals surface area contributed by atoms with Crippen molar-refractivity contribution >= 4 is 11.8 Å². The Morgan fingerprint density at radius 1 is 1.06 bits per heavy atom. The first-order chi connectivity index (χ1) is 8.92. The molecule has 1 nitrogen and oxygen atoms in total. The van der Waals surface area contributed by atoms with Crippen molar-refractivity contribution in [2.75, 3.05) is 12.4 Å². The van der Waals surface area contributed by atoms with Crippen molar-refractivity contribution in [3.05, 3.63) is 53.6 Å². The molecule has 1 heterocycles. The molecule has 0 radical (unpaired) electrons. The van der Waals surface area contributed by atoms with Crippen LogP contribution in [0.25, 0.3) is 11.1 Å². The largest absolute Gasteiger partial charge is 0.492 e. The maximum Gasteiger partial charge on any atom is 0.127 e. The molecule has 1 fully saturated rings. The summed E-state index contributed by atoms with van der Waals surface area (Å²) in [4.78, 5) is 0.